The quantitative estimate of drug-likeness (QED) is 0.901. The van der Waals surface area contributed by atoms with Crippen molar-refractivity contribution in [1.29, 1.82) is 0 Å². The first-order chi connectivity index (χ1) is 10.1. The summed E-state index contributed by atoms with van der Waals surface area (Å²) < 4.78 is 0. The number of carbonyl (C=O) groups is 2. The first kappa shape index (κ1) is 14.4. The monoisotopic (exact) mass is 308 g/mol. The molecule has 1 aromatic rings. The van der Waals surface area contributed by atoms with Crippen LogP contribution in [-0.4, -0.2) is 35.1 Å². The topological polar surface area (TPSA) is 69.6 Å². The van der Waals surface area contributed by atoms with Gasteiger partial charge in [-0.2, -0.15) is 0 Å². The van der Waals surface area contributed by atoms with Crippen molar-refractivity contribution in [2.75, 3.05) is 13.1 Å². The van der Waals surface area contributed by atoms with Crippen LogP contribution in [0, 0.1) is 11.8 Å². The van der Waals surface area contributed by atoms with Gasteiger partial charge in [0.2, 0.25) is 0 Å². The molecule has 2 heterocycles. The molecular formula is C15H20N2O3S. The normalized spacial score (nSPS) is 23.1. The van der Waals surface area contributed by atoms with Gasteiger partial charge in [-0.3, -0.25) is 4.79 Å². The summed E-state index contributed by atoms with van der Waals surface area (Å²) in [4.78, 5) is 26.2. The van der Waals surface area contributed by atoms with Gasteiger partial charge in [-0.15, -0.1) is 11.3 Å². The lowest BCUT2D eigenvalue weighted by atomic mass is 9.87. The number of aryl methyl sites for hydroxylation is 1. The number of carboxylic acid groups (broad SMARTS) is 1. The number of rotatable bonds is 3. The highest BCUT2D eigenvalue weighted by atomic mass is 32.1. The van der Waals surface area contributed by atoms with Gasteiger partial charge in [-0.1, -0.05) is 6.92 Å². The molecule has 2 aliphatic rings. The van der Waals surface area contributed by atoms with Crippen LogP contribution in [-0.2, 0) is 11.2 Å². The summed E-state index contributed by atoms with van der Waals surface area (Å²) in [5.74, 6) is -1.08. The molecule has 2 N–H and O–H groups in total. The number of fused-ring (bicyclic) bond motifs is 1. The van der Waals surface area contributed by atoms with E-state index < -0.39 is 5.97 Å². The second-order valence-corrected chi connectivity index (χ2v) is 6.99. The van der Waals surface area contributed by atoms with E-state index in [1.165, 1.54) is 10.4 Å². The molecule has 0 saturated carbocycles. The Balaban J connectivity index is 1.54. The molecule has 0 aromatic carbocycles. The van der Waals surface area contributed by atoms with Crippen molar-refractivity contribution >= 4 is 23.3 Å². The number of carboxylic acids is 1. The average Bonchev–Trinajstić information content (AvgIpc) is 2.86. The molecule has 1 saturated heterocycles. The number of aliphatic carboxylic acids is 1. The van der Waals surface area contributed by atoms with Crippen molar-refractivity contribution in [2.24, 2.45) is 11.8 Å². The number of nitrogens with one attached hydrogen (secondary N) is 1. The van der Waals surface area contributed by atoms with Crippen LogP contribution in [0.1, 0.15) is 36.2 Å². The first-order valence-electron chi connectivity index (χ1n) is 7.40. The Morgan fingerprint density at radius 2 is 2.24 bits per heavy atom. The van der Waals surface area contributed by atoms with E-state index in [1.54, 1.807) is 23.2 Å². The van der Waals surface area contributed by atoms with Gasteiger partial charge in [-0.25, -0.2) is 4.79 Å². The van der Waals surface area contributed by atoms with Crippen LogP contribution in [0.25, 0.3) is 0 Å². The molecule has 114 valence electrons. The number of nitrogens with zero attached hydrogens (tertiary/aromatic N) is 1. The summed E-state index contributed by atoms with van der Waals surface area (Å²) in [6, 6.07) is 2.16. The number of amides is 2. The lowest BCUT2D eigenvalue weighted by molar-refractivity contribution is -0.144. The average molecular weight is 308 g/mol. The smallest absolute Gasteiger partial charge is 0.317 e. The Morgan fingerprint density at radius 3 is 2.95 bits per heavy atom. The molecule has 21 heavy (non-hydrogen) atoms. The van der Waals surface area contributed by atoms with Crippen LogP contribution in [0.2, 0.25) is 0 Å². The highest BCUT2D eigenvalue weighted by Gasteiger charge is 2.38. The molecule has 1 aromatic heterocycles. The summed E-state index contributed by atoms with van der Waals surface area (Å²) >= 11 is 1.76. The minimum absolute atomic E-state index is 0.0621. The van der Waals surface area contributed by atoms with Crippen LogP contribution in [0.15, 0.2) is 11.4 Å². The number of likely N-dealkylation sites (tertiary alicyclic amines) is 1. The molecule has 1 aliphatic heterocycles. The zero-order valence-electron chi connectivity index (χ0n) is 12.0. The molecule has 1 fully saturated rings. The maximum Gasteiger partial charge on any atom is 0.317 e. The fraction of sp³-hybridized carbons (Fsp3) is 0.600. The highest BCUT2D eigenvalue weighted by Crippen LogP contribution is 2.33. The van der Waals surface area contributed by atoms with E-state index in [1.807, 2.05) is 0 Å². The number of urea groups is 1. The van der Waals surface area contributed by atoms with Crippen molar-refractivity contribution in [3.63, 3.8) is 0 Å². The van der Waals surface area contributed by atoms with E-state index in [-0.39, 0.29) is 23.9 Å². The number of hydrogen-bond acceptors (Lipinski definition) is 3. The van der Waals surface area contributed by atoms with Gasteiger partial charge in [0.25, 0.3) is 0 Å². The molecule has 3 rings (SSSR count). The molecule has 1 aliphatic carbocycles. The predicted molar refractivity (Wildman–Crippen MR) is 80.4 cm³/mol. The van der Waals surface area contributed by atoms with Gasteiger partial charge in [0.1, 0.15) is 0 Å². The van der Waals surface area contributed by atoms with Crippen LogP contribution in [0.3, 0.4) is 0 Å². The number of hydrogen-bond donors (Lipinski definition) is 2. The highest BCUT2D eigenvalue weighted by molar-refractivity contribution is 7.10. The molecule has 2 unspecified atom stereocenters. The third-order valence-corrected chi connectivity index (χ3v) is 5.64. The van der Waals surface area contributed by atoms with Crippen molar-refractivity contribution in [2.45, 2.75) is 32.2 Å². The molecule has 0 bridgehead atoms. The molecule has 0 spiro atoms. The van der Waals surface area contributed by atoms with E-state index in [4.69, 9.17) is 5.11 Å². The zero-order valence-corrected chi connectivity index (χ0v) is 12.9. The van der Waals surface area contributed by atoms with Crippen molar-refractivity contribution in [3.8, 4) is 0 Å². The fourth-order valence-electron chi connectivity index (χ4n) is 3.07. The third-order valence-electron chi connectivity index (χ3n) is 4.64. The summed E-state index contributed by atoms with van der Waals surface area (Å²) in [6.45, 7) is 2.80. The van der Waals surface area contributed by atoms with Crippen LogP contribution in [0.5, 0.6) is 0 Å². The lowest BCUT2D eigenvalue weighted by Crippen LogP contribution is -2.56. The van der Waals surface area contributed by atoms with Gasteiger partial charge < -0.3 is 15.3 Å². The Hall–Kier alpha value is -1.56. The van der Waals surface area contributed by atoms with Crippen molar-refractivity contribution in [1.82, 2.24) is 10.2 Å². The van der Waals surface area contributed by atoms with E-state index in [2.05, 4.69) is 16.8 Å². The van der Waals surface area contributed by atoms with E-state index in [9.17, 15) is 9.59 Å². The zero-order chi connectivity index (χ0) is 15.0. The van der Waals surface area contributed by atoms with Gasteiger partial charge in [0.15, 0.2) is 0 Å². The molecule has 5 nitrogen and oxygen atoms in total. The van der Waals surface area contributed by atoms with Crippen molar-refractivity contribution < 1.29 is 14.7 Å². The first-order valence-corrected chi connectivity index (χ1v) is 8.28. The summed E-state index contributed by atoms with van der Waals surface area (Å²) in [5, 5.41) is 14.2. The van der Waals surface area contributed by atoms with Crippen LogP contribution < -0.4 is 5.32 Å². The predicted octanol–water partition coefficient (Wildman–Crippen LogP) is 2.49. The minimum atomic E-state index is -0.782. The second-order valence-electron chi connectivity index (χ2n) is 5.99. The molecule has 6 heteroatoms. The second kappa shape index (κ2) is 5.67. The summed E-state index contributed by atoms with van der Waals surface area (Å²) in [7, 11) is 0. The lowest BCUT2D eigenvalue weighted by Gasteiger charge is -2.42. The third kappa shape index (κ3) is 2.77. The van der Waals surface area contributed by atoms with Crippen LogP contribution in [0.4, 0.5) is 4.79 Å². The minimum Gasteiger partial charge on any atom is -0.481 e. The largest absolute Gasteiger partial charge is 0.481 e. The maximum atomic E-state index is 12.2. The summed E-state index contributed by atoms with van der Waals surface area (Å²) in [5.41, 5.74) is 1.26. The Bertz CT molecular complexity index is 551. The van der Waals surface area contributed by atoms with Gasteiger partial charge in [0, 0.05) is 23.9 Å². The molecule has 0 radical (unpaired) electrons. The fourth-order valence-corrected chi connectivity index (χ4v) is 4.06. The van der Waals surface area contributed by atoms with Crippen LogP contribution >= 0.6 is 11.3 Å². The molecular weight excluding hydrogens is 288 g/mol. The Kier molecular flexibility index (Phi) is 3.89. The number of thiophene rings is 1. The maximum absolute atomic E-state index is 12.2. The number of carbonyl (C=O) groups excluding carboxylic acids is 1. The standard InChI is InChI=1S/C15H20N2O3S/c1-9(14(18)19)10-7-17(8-10)15(20)16-12-3-2-4-13-11(12)5-6-21-13/h5-6,9-10,12H,2-4,7-8H2,1H3,(H,16,20)(H,18,19). The van der Waals surface area contributed by atoms with E-state index in [0.717, 1.165) is 19.3 Å². The van der Waals surface area contributed by atoms with E-state index in [0.29, 0.717) is 13.1 Å². The molecule has 2 amide bonds. The summed E-state index contributed by atoms with van der Waals surface area (Å²) in [6.07, 6.45) is 3.21. The van der Waals surface area contributed by atoms with Gasteiger partial charge in [0.05, 0.1) is 12.0 Å². The van der Waals surface area contributed by atoms with Gasteiger partial charge in [-0.05, 0) is 36.3 Å². The van der Waals surface area contributed by atoms with E-state index >= 15 is 0 Å². The molecule has 2 atom stereocenters. The van der Waals surface area contributed by atoms with Gasteiger partial charge >= 0.3 is 12.0 Å². The van der Waals surface area contributed by atoms with Crippen molar-refractivity contribution in [3.05, 3.63) is 21.9 Å². The Morgan fingerprint density at radius 1 is 1.48 bits per heavy atom. The Labute approximate surface area is 128 Å². The SMILES string of the molecule is CC(C(=O)O)C1CN(C(=O)NC2CCCc3sccc32)C1.